The van der Waals surface area contributed by atoms with Crippen molar-refractivity contribution in [3.05, 3.63) is 29.8 Å². The first-order valence-electron chi connectivity index (χ1n) is 5.87. The highest BCUT2D eigenvalue weighted by Crippen LogP contribution is 2.15. The Morgan fingerprint density at radius 2 is 2.00 bits per heavy atom. The lowest BCUT2D eigenvalue weighted by Gasteiger charge is -2.13. The van der Waals surface area contributed by atoms with E-state index in [1.807, 2.05) is 31.2 Å². The highest BCUT2D eigenvalue weighted by atomic mass is 16.5. The molecule has 0 atom stereocenters. The minimum atomic E-state index is -0.601. The first-order valence-corrected chi connectivity index (χ1v) is 5.87. The lowest BCUT2D eigenvalue weighted by Crippen LogP contribution is -2.40. The van der Waals surface area contributed by atoms with Crippen LogP contribution >= 0.6 is 0 Å². The van der Waals surface area contributed by atoms with Crippen LogP contribution in [0.1, 0.15) is 12.0 Å². The Bertz CT molecular complexity index is 377. The summed E-state index contributed by atoms with van der Waals surface area (Å²) in [6, 6.07) is 6.97. The van der Waals surface area contributed by atoms with Gasteiger partial charge in [-0.05, 0) is 18.6 Å². The number of rotatable bonds is 7. The lowest BCUT2D eigenvalue weighted by atomic mass is 10.2. The number of aryl methyl sites for hydroxylation is 1. The topological polar surface area (TPSA) is 78.8 Å². The van der Waals surface area contributed by atoms with Crippen LogP contribution in [0.25, 0.3) is 0 Å². The molecule has 3 N–H and O–H groups in total. The molecule has 100 valence electrons. The molecule has 1 aromatic carbocycles. The number of nitrogens with one attached hydrogen (secondary N) is 1. The number of aliphatic hydroxyl groups excluding tert-OH is 2. The number of ether oxygens (including phenoxy) is 1. The van der Waals surface area contributed by atoms with Crippen molar-refractivity contribution in [1.29, 1.82) is 0 Å². The van der Waals surface area contributed by atoms with Crippen molar-refractivity contribution >= 4 is 5.91 Å². The van der Waals surface area contributed by atoms with Crippen LogP contribution in [0.4, 0.5) is 0 Å². The zero-order chi connectivity index (χ0) is 13.4. The predicted molar refractivity (Wildman–Crippen MR) is 67.4 cm³/mol. The molecule has 1 rings (SSSR count). The second-order valence-electron chi connectivity index (χ2n) is 3.99. The normalized spacial score (nSPS) is 10.4. The van der Waals surface area contributed by atoms with E-state index in [4.69, 9.17) is 14.9 Å². The minimum Gasteiger partial charge on any atom is -0.493 e. The minimum absolute atomic E-state index is 0.185. The maximum atomic E-state index is 11.4. The van der Waals surface area contributed by atoms with Crippen molar-refractivity contribution in [1.82, 2.24) is 5.32 Å². The van der Waals surface area contributed by atoms with Crippen molar-refractivity contribution in [2.75, 3.05) is 19.8 Å². The standard InChI is InChI=1S/C13H19NO4/c1-10-4-2-3-5-12(10)18-7-6-13(17)14-11(8-15)9-16/h2-5,11,15-16H,6-9H2,1H3,(H,14,17). The second-order valence-corrected chi connectivity index (χ2v) is 3.99. The molecule has 0 fully saturated rings. The fraction of sp³-hybridized carbons (Fsp3) is 0.462. The molecule has 18 heavy (non-hydrogen) atoms. The van der Waals surface area contributed by atoms with Crippen molar-refractivity contribution in [3.63, 3.8) is 0 Å². The monoisotopic (exact) mass is 253 g/mol. The Hall–Kier alpha value is -1.59. The molecule has 0 bridgehead atoms. The van der Waals surface area contributed by atoms with Crippen LogP contribution in [0, 0.1) is 6.92 Å². The van der Waals surface area contributed by atoms with Gasteiger partial charge in [-0.25, -0.2) is 0 Å². The van der Waals surface area contributed by atoms with Gasteiger partial charge >= 0.3 is 0 Å². The summed E-state index contributed by atoms with van der Waals surface area (Å²) >= 11 is 0. The second kappa shape index (κ2) is 7.68. The molecule has 0 heterocycles. The Kier molecular flexibility index (Phi) is 6.18. The van der Waals surface area contributed by atoms with Gasteiger partial charge in [0, 0.05) is 0 Å². The Morgan fingerprint density at radius 3 is 2.61 bits per heavy atom. The third kappa shape index (κ3) is 4.73. The van der Waals surface area contributed by atoms with Crippen molar-refractivity contribution in [2.24, 2.45) is 0 Å². The molecule has 1 aromatic rings. The van der Waals surface area contributed by atoms with Gasteiger partial charge in [0.25, 0.3) is 0 Å². The van der Waals surface area contributed by atoms with Crippen LogP contribution in [-0.4, -0.2) is 42.0 Å². The molecule has 0 aliphatic rings. The van der Waals surface area contributed by atoms with Gasteiger partial charge in [-0.15, -0.1) is 0 Å². The average molecular weight is 253 g/mol. The summed E-state index contributed by atoms with van der Waals surface area (Å²) in [6.07, 6.45) is 0.185. The van der Waals surface area contributed by atoms with E-state index < -0.39 is 6.04 Å². The van der Waals surface area contributed by atoms with E-state index in [1.54, 1.807) is 0 Å². The average Bonchev–Trinajstić information content (AvgIpc) is 2.38. The number of hydrogen-bond acceptors (Lipinski definition) is 4. The number of carbonyl (C=O) groups is 1. The van der Waals surface area contributed by atoms with E-state index in [0.717, 1.165) is 11.3 Å². The van der Waals surface area contributed by atoms with Gasteiger partial charge in [-0.1, -0.05) is 18.2 Å². The first kappa shape index (κ1) is 14.5. The Morgan fingerprint density at radius 1 is 1.33 bits per heavy atom. The molecule has 1 amide bonds. The van der Waals surface area contributed by atoms with E-state index >= 15 is 0 Å². The fourth-order valence-corrected chi connectivity index (χ4v) is 1.42. The molecule has 0 saturated heterocycles. The summed E-state index contributed by atoms with van der Waals surface area (Å²) in [4.78, 5) is 11.4. The third-order valence-electron chi connectivity index (χ3n) is 2.49. The van der Waals surface area contributed by atoms with Gasteiger partial charge in [0.15, 0.2) is 0 Å². The zero-order valence-corrected chi connectivity index (χ0v) is 10.4. The van der Waals surface area contributed by atoms with Crippen LogP contribution in [0.5, 0.6) is 5.75 Å². The maximum Gasteiger partial charge on any atom is 0.223 e. The quantitative estimate of drug-likeness (QED) is 0.650. The van der Waals surface area contributed by atoms with Gasteiger partial charge in [0.05, 0.1) is 32.3 Å². The van der Waals surface area contributed by atoms with Gasteiger partial charge in [0.2, 0.25) is 5.91 Å². The highest BCUT2D eigenvalue weighted by Gasteiger charge is 2.10. The van der Waals surface area contributed by atoms with E-state index in [9.17, 15) is 4.79 Å². The van der Waals surface area contributed by atoms with Gasteiger partial charge < -0.3 is 20.3 Å². The van der Waals surface area contributed by atoms with E-state index in [0.29, 0.717) is 0 Å². The molecule has 0 unspecified atom stereocenters. The van der Waals surface area contributed by atoms with E-state index in [2.05, 4.69) is 5.32 Å². The SMILES string of the molecule is Cc1ccccc1OCCC(=O)NC(CO)CO. The molecule has 0 aromatic heterocycles. The smallest absolute Gasteiger partial charge is 0.223 e. The van der Waals surface area contributed by atoms with Crippen molar-refractivity contribution in [2.45, 2.75) is 19.4 Å². The molecular weight excluding hydrogens is 234 g/mol. The molecular formula is C13H19NO4. The maximum absolute atomic E-state index is 11.4. The molecule has 0 spiro atoms. The Balaban J connectivity index is 2.29. The Labute approximate surface area is 106 Å². The zero-order valence-electron chi connectivity index (χ0n) is 10.4. The largest absolute Gasteiger partial charge is 0.493 e. The van der Waals surface area contributed by atoms with Gasteiger partial charge in [0.1, 0.15) is 5.75 Å². The van der Waals surface area contributed by atoms with Crippen LogP contribution in [0.15, 0.2) is 24.3 Å². The summed E-state index contributed by atoms with van der Waals surface area (Å²) in [5.41, 5.74) is 1.02. The summed E-state index contributed by atoms with van der Waals surface area (Å²) in [6.45, 7) is 1.64. The van der Waals surface area contributed by atoms with Crippen molar-refractivity contribution in [3.8, 4) is 5.75 Å². The first-order chi connectivity index (χ1) is 8.67. The number of amides is 1. The number of benzene rings is 1. The summed E-state index contributed by atoms with van der Waals surface area (Å²) in [5.74, 6) is 0.503. The summed E-state index contributed by atoms with van der Waals surface area (Å²) in [5, 5.41) is 20.1. The fourth-order valence-electron chi connectivity index (χ4n) is 1.42. The summed E-state index contributed by atoms with van der Waals surface area (Å²) < 4.78 is 5.47. The lowest BCUT2D eigenvalue weighted by molar-refractivity contribution is -0.122. The molecule has 0 aliphatic heterocycles. The summed E-state index contributed by atoms with van der Waals surface area (Å²) in [7, 11) is 0. The van der Waals surface area contributed by atoms with Crippen LogP contribution in [0.3, 0.4) is 0 Å². The molecule has 0 radical (unpaired) electrons. The molecule has 5 heteroatoms. The van der Waals surface area contributed by atoms with E-state index in [1.165, 1.54) is 0 Å². The van der Waals surface area contributed by atoms with E-state index in [-0.39, 0.29) is 32.1 Å². The number of carbonyl (C=O) groups excluding carboxylic acids is 1. The predicted octanol–water partition coefficient (Wildman–Crippen LogP) is 0.233. The molecule has 5 nitrogen and oxygen atoms in total. The molecule has 0 saturated carbocycles. The van der Waals surface area contributed by atoms with Gasteiger partial charge in [-0.2, -0.15) is 0 Å². The number of aliphatic hydroxyl groups is 2. The van der Waals surface area contributed by atoms with Crippen LogP contribution in [0.2, 0.25) is 0 Å². The van der Waals surface area contributed by atoms with Crippen LogP contribution in [-0.2, 0) is 4.79 Å². The third-order valence-corrected chi connectivity index (χ3v) is 2.49. The van der Waals surface area contributed by atoms with Crippen molar-refractivity contribution < 1.29 is 19.7 Å². The molecule has 0 aliphatic carbocycles. The highest BCUT2D eigenvalue weighted by molar-refractivity contribution is 5.76. The van der Waals surface area contributed by atoms with Crippen LogP contribution < -0.4 is 10.1 Å². The number of hydrogen-bond donors (Lipinski definition) is 3. The van der Waals surface area contributed by atoms with Gasteiger partial charge in [-0.3, -0.25) is 4.79 Å². The number of para-hydroxylation sites is 1.